The van der Waals surface area contributed by atoms with Crippen LogP contribution in [0.4, 0.5) is 0 Å². The van der Waals surface area contributed by atoms with Gasteiger partial charge in [-0.1, -0.05) is 36.4 Å². The molecule has 24 heavy (non-hydrogen) atoms. The van der Waals surface area contributed by atoms with Crippen LogP contribution in [0.25, 0.3) is 43.5 Å². The molecule has 0 aliphatic rings. The molecule has 1 aromatic heterocycles. The van der Waals surface area contributed by atoms with Crippen molar-refractivity contribution in [3.63, 3.8) is 0 Å². The molecular formula is C20H10O4. The molecule has 0 spiro atoms. The van der Waals surface area contributed by atoms with Gasteiger partial charge in [-0.2, -0.15) is 0 Å². The molecule has 4 aromatic carbocycles. The third kappa shape index (κ3) is 1.74. The fraction of sp³-hybridized carbons (Fsp3) is 0. The fourth-order valence-corrected chi connectivity index (χ4v) is 3.35. The third-order valence-corrected chi connectivity index (χ3v) is 4.33. The van der Waals surface area contributed by atoms with Crippen molar-refractivity contribution < 1.29 is 8.83 Å². The molecule has 0 aliphatic carbocycles. The minimum absolute atomic E-state index is 0.253. The SMILES string of the molecule is O=c1ccc(=O)oc2c(cc3ccc4cccc5ccc2c3c45)o1. The van der Waals surface area contributed by atoms with Crippen molar-refractivity contribution in [2.24, 2.45) is 0 Å². The van der Waals surface area contributed by atoms with E-state index in [-0.39, 0.29) is 11.2 Å². The second kappa shape index (κ2) is 4.55. The predicted octanol–water partition coefficient (Wildman–Crippen LogP) is 4.21. The molecule has 0 aliphatic heterocycles. The van der Waals surface area contributed by atoms with E-state index in [2.05, 4.69) is 0 Å². The van der Waals surface area contributed by atoms with Gasteiger partial charge in [0.15, 0.2) is 11.2 Å². The van der Waals surface area contributed by atoms with Crippen LogP contribution in [0.2, 0.25) is 0 Å². The molecule has 0 amide bonds. The van der Waals surface area contributed by atoms with Crippen LogP contribution in [-0.4, -0.2) is 0 Å². The number of hydrogen-bond donors (Lipinski definition) is 0. The summed E-state index contributed by atoms with van der Waals surface area (Å²) in [5.74, 6) is 0. The molecule has 0 fully saturated rings. The van der Waals surface area contributed by atoms with Crippen LogP contribution in [0, 0.1) is 0 Å². The smallest absolute Gasteiger partial charge is 0.336 e. The highest BCUT2D eigenvalue weighted by Gasteiger charge is 2.13. The lowest BCUT2D eigenvalue weighted by Gasteiger charge is -2.10. The summed E-state index contributed by atoms with van der Waals surface area (Å²) in [6.07, 6.45) is 0. The lowest BCUT2D eigenvalue weighted by atomic mass is 9.94. The van der Waals surface area contributed by atoms with Crippen molar-refractivity contribution in [1.82, 2.24) is 0 Å². The lowest BCUT2D eigenvalue weighted by Crippen LogP contribution is -2.00. The molecule has 114 valence electrons. The molecule has 0 unspecified atom stereocenters. The molecular weight excluding hydrogens is 304 g/mol. The average Bonchev–Trinajstić information content (AvgIpc) is 2.59. The summed E-state index contributed by atoms with van der Waals surface area (Å²) in [4.78, 5) is 23.7. The number of rotatable bonds is 0. The molecule has 5 rings (SSSR count). The Hall–Kier alpha value is -3.40. The van der Waals surface area contributed by atoms with Gasteiger partial charge in [0, 0.05) is 22.9 Å². The summed E-state index contributed by atoms with van der Waals surface area (Å²) in [5, 5.41) is 6.01. The predicted molar refractivity (Wildman–Crippen MR) is 93.5 cm³/mol. The van der Waals surface area contributed by atoms with Crippen molar-refractivity contribution in [2.45, 2.75) is 0 Å². The van der Waals surface area contributed by atoms with Crippen LogP contribution in [0.5, 0.6) is 0 Å². The monoisotopic (exact) mass is 314 g/mol. The van der Waals surface area contributed by atoms with E-state index in [0.717, 1.165) is 44.5 Å². The summed E-state index contributed by atoms with van der Waals surface area (Å²) in [7, 11) is 0. The Morgan fingerprint density at radius 3 is 2.08 bits per heavy atom. The van der Waals surface area contributed by atoms with Gasteiger partial charge in [-0.15, -0.1) is 0 Å². The van der Waals surface area contributed by atoms with Gasteiger partial charge in [-0.25, -0.2) is 9.59 Å². The van der Waals surface area contributed by atoms with E-state index in [1.807, 2.05) is 42.5 Å². The van der Waals surface area contributed by atoms with Crippen LogP contribution >= 0.6 is 0 Å². The number of hydrogen-bond acceptors (Lipinski definition) is 4. The van der Waals surface area contributed by atoms with Gasteiger partial charge in [0.1, 0.15) is 0 Å². The van der Waals surface area contributed by atoms with E-state index < -0.39 is 11.3 Å². The molecule has 5 aromatic rings. The zero-order chi connectivity index (χ0) is 16.3. The molecule has 0 saturated carbocycles. The summed E-state index contributed by atoms with van der Waals surface area (Å²) >= 11 is 0. The summed E-state index contributed by atoms with van der Waals surface area (Å²) < 4.78 is 10.8. The topological polar surface area (TPSA) is 60.4 Å². The van der Waals surface area contributed by atoms with Crippen LogP contribution in [0.3, 0.4) is 0 Å². The summed E-state index contributed by atoms with van der Waals surface area (Å²) in [6.45, 7) is 0. The largest absolute Gasteiger partial charge is 0.419 e. The van der Waals surface area contributed by atoms with Crippen LogP contribution < -0.4 is 11.3 Å². The number of benzene rings is 4. The van der Waals surface area contributed by atoms with Gasteiger partial charge in [0.05, 0.1) is 0 Å². The first-order chi connectivity index (χ1) is 11.7. The quantitative estimate of drug-likeness (QED) is 0.402. The molecule has 0 atom stereocenters. The maximum atomic E-state index is 11.9. The Bertz CT molecular complexity index is 1370. The molecule has 4 nitrogen and oxygen atoms in total. The second-order valence-corrected chi connectivity index (χ2v) is 5.74. The third-order valence-electron chi connectivity index (χ3n) is 4.33. The van der Waals surface area contributed by atoms with Gasteiger partial charge in [0.25, 0.3) is 0 Å². The zero-order valence-electron chi connectivity index (χ0n) is 12.4. The maximum absolute atomic E-state index is 11.9. The highest BCUT2D eigenvalue weighted by atomic mass is 16.4. The van der Waals surface area contributed by atoms with Crippen LogP contribution in [-0.2, 0) is 0 Å². The van der Waals surface area contributed by atoms with Crippen LogP contribution in [0.15, 0.2) is 79.1 Å². The van der Waals surface area contributed by atoms with Crippen molar-refractivity contribution >= 4 is 43.5 Å². The summed E-state index contributed by atoms with van der Waals surface area (Å²) in [6, 6.07) is 17.9. The molecule has 0 N–H and O–H groups in total. The van der Waals surface area contributed by atoms with E-state index in [1.165, 1.54) is 0 Å². The van der Waals surface area contributed by atoms with Gasteiger partial charge >= 0.3 is 11.3 Å². The van der Waals surface area contributed by atoms with Crippen molar-refractivity contribution in [2.75, 3.05) is 0 Å². The highest BCUT2D eigenvalue weighted by Crippen LogP contribution is 2.37. The van der Waals surface area contributed by atoms with Gasteiger partial charge in [0.2, 0.25) is 0 Å². The summed E-state index contributed by atoms with van der Waals surface area (Å²) in [5.41, 5.74) is -0.657. The van der Waals surface area contributed by atoms with E-state index in [4.69, 9.17) is 8.83 Å². The molecule has 0 radical (unpaired) electrons. The molecule has 0 saturated heterocycles. The van der Waals surface area contributed by atoms with Crippen molar-refractivity contribution in [3.8, 4) is 0 Å². The Morgan fingerprint density at radius 1 is 0.625 bits per heavy atom. The number of fused-ring (bicyclic) bond motifs is 2. The first-order valence-electron chi connectivity index (χ1n) is 7.53. The first kappa shape index (κ1) is 13.1. The minimum Gasteiger partial charge on any atom is -0.419 e. The van der Waals surface area contributed by atoms with Crippen LogP contribution in [0.1, 0.15) is 0 Å². The standard InChI is InChI=1S/C20H10O4/c21-16-8-9-17(22)24-20-14-7-6-12-3-1-2-11-4-5-13(10-15(20)23-16)19(14)18(11)12/h1-10H. The van der Waals surface area contributed by atoms with E-state index in [1.54, 1.807) is 6.07 Å². The normalized spacial score (nSPS) is 11.7. The van der Waals surface area contributed by atoms with Crippen molar-refractivity contribution in [1.29, 1.82) is 0 Å². The lowest BCUT2D eigenvalue weighted by molar-refractivity contribution is 0.522. The van der Waals surface area contributed by atoms with Crippen molar-refractivity contribution in [3.05, 3.63) is 81.5 Å². The maximum Gasteiger partial charge on any atom is 0.336 e. The minimum atomic E-state index is -0.597. The average molecular weight is 314 g/mol. The molecule has 4 heteroatoms. The Morgan fingerprint density at radius 2 is 1.29 bits per heavy atom. The molecule has 1 heterocycles. The molecule has 0 bridgehead atoms. The second-order valence-electron chi connectivity index (χ2n) is 5.74. The van der Waals surface area contributed by atoms with Gasteiger partial charge in [-0.05, 0) is 33.7 Å². The first-order valence-corrected chi connectivity index (χ1v) is 7.53. The highest BCUT2D eigenvalue weighted by molar-refractivity contribution is 6.27. The fourth-order valence-electron chi connectivity index (χ4n) is 3.35. The van der Waals surface area contributed by atoms with Gasteiger partial charge < -0.3 is 8.83 Å². The Balaban J connectivity index is 2.19. The van der Waals surface area contributed by atoms with Gasteiger partial charge in [-0.3, -0.25) is 0 Å². The van der Waals surface area contributed by atoms with E-state index in [0.29, 0.717) is 0 Å². The Kier molecular flexibility index (Phi) is 2.48. The van der Waals surface area contributed by atoms with E-state index >= 15 is 0 Å². The zero-order valence-corrected chi connectivity index (χ0v) is 12.4. The van der Waals surface area contributed by atoms with E-state index in [9.17, 15) is 9.59 Å². The Labute approximate surface area is 134 Å².